The minimum Gasteiger partial charge on any atom is -0.480 e. The van der Waals surface area contributed by atoms with Crippen molar-refractivity contribution in [3.05, 3.63) is 11.2 Å². The van der Waals surface area contributed by atoms with Crippen LogP contribution in [0.2, 0.25) is 0 Å². The molecule has 8 heteroatoms. The van der Waals surface area contributed by atoms with Gasteiger partial charge >= 0.3 is 5.97 Å². The lowest BCUT2D eigenvalue weighted by atomic mass is 10.0. The summed E-state index contributed by atoms with van der Waals surface area (Å²) in [5, 5.41) is 9.62. The molecule has 1 aromatic heterocycles. The van der Waals surface area contributed by atoms with Gasteiger partial charge in [-0.05, 0) is 20.3 Å². The number of nitrogens with zero attached hydrogens (tertiary/aromatic N) is 1. The van der Waals surface area contributed by atoms with Crippen molar-refractivity contribution in [3.8, 4) is 0 Å². The van der Waals surface area contributed by atoms with E-state index in [-0.39, 0.29) is 10.6 Å². The van der Waals surface area contributed by atoms with E-state index in [1.807, 2.05) is 0 Å². The first-order chi connectivity index (χ1) is 7.71. The van der Waals surface area contributed by atoms with Gasteiger partial charge in [0, 0.05) is 0 Å². The first-order valence-corrected chi connectivity index (χ1v) is 7.21. The maximum absolute atomic E-state index is 11.9. The molecule has 0 aliphatic heterocycles. The standard InChI is InChI=1S/C9H14N2O4S2/c1-4-9(3,8(12)13)11-17(14,15)7-5-10-6(2)16-7/h5,11H,4H2,1-3H3,(H,12,13). The second kappa shape index (κ2) is 4.71. The number of aryl methyl sites for hydroxylation is 1. The van der Waals surface area contributed by atoms with Crippen molar-refractivity contribution >= 4 is 27.3 Å². The van der Waals surface area contributed by atoms with Gasteiger partial charge in [-0.15, -0.1) is 11.3 Å². The number of carboxylic acids is 1. The summed E-state index contributed by atoms with van der Waals surface area (Å²) in [6, 6.07) is 0. The fourth-order valence-corrected chi connectivity index (χ4v) is 3.62. The minimum absolute atomic E-state index is 0.0240. The van der Waals surface area contributed by atoms with Crippen LogP contribution in [0.5, 0.6) is 0 Å². The van der Waals surface area contributed by atoms with Gasteiger partial charge in [-0.1, -0.05) is 6.92 Å². The van der Waals surface area contributed by atoms with Crippen LogP contribution >= 0.6 is 11.3 Å². The Morgan fingerprint density at radius 2 is 2.24 bits per heavy atom. The summed E-state index contributed by atoms with van der Waals surface area (Å²) in [6.45, 7) is 4.62. The predicted molar refractivity (Wildman–Crippen MR) is 63.5 cm³/mol. The highest BCUT2D eigenvalue weighted by molar-refractivity contribution is 7.91. The molecule has 0 aliphatic rings. The normalized spacial score (nSPS) is 15.5. The van der Waals surface area contributed by atoms with Gasteiger partial charge < -0.3 is 5.11 Å². The van der Waals surface area contributed by atoms with Gasteiger partial charge in [0.2, 0.25) is 0 Å². The number of hydrogen-bond acceptors (Lipinski definition) is 5. The largest absolute Gasteiger partial charge is 0.480 e. The topological polar surface area (TPSA) is 96.4 Å². The second-order valence-electron chi connectivity index (χ2n) is 3.79. The molecule has 1 aromatic rings. The first-order valence-electron chi connectivity index (χ1n) is 4.91. The highest BCUT2D eigenvalue weighted by Crippen LogP contribution is 2.21. The Kier molecular flexibility index (Phi) is 3.90. The molecular formula is C9H14N2O4S2. The fraction of sp³-hybridized carbons (Fsp3) is 0.556. The quantitative estimate of drug-likeness (QED) is 0.837. The number of aromatic nitrogens is 1. The fourth-order valence-electron chi connectivity index (χ4n) is 1.08. The summed E-state index contributed by atoms with van der Waals surface area (Å²) >= 11 is 1.00. The van der Waals surface area contributed by atoms with Gasteiger partial charge in [0.05, 0.1) is 11.2 Å². The molecule has 17 heavy (non-hydrogen) atoms. The molecule has 0 amide bonds. The average Bonchev–Trinajstić information content (AvgIpc) is 2.64. The molecular weight excluding hydrogens is 264 g/mol. The summed E-state index contributed by atoms with van der Waals surface area (Å²) < 4.78 is 26.1. The Bertz CT molecular complexity index is 523. The molecule has 0 spiro atoms. The van der Waals surface area contributed by atoms with Crippen molar-refractivity contribution in [1.82, 2.24) is 9.71 Å². The molecule has 0 saturated heterocycles. The van der Waals surface area contributed by atoms with E-state index in [1.54, 1.807) is 13.8 Å². The number of rotatable bonds is 5. The summed E-state index contributed by atoms with van der Waals surface area (Å²) in [4.78, 5) is 14.9. The summed E-state index contributed by atoms with van der Waals surface area (Å²) in [7, 11) is -3.83. The number of carboxylic acid groups (broad SMARTS) is 1. The van der Waals surface area contributed by atoms with Crippen LogP contribution in [-0.4, -0.2) is 30.0 Å². The molecule has 0 radical (unpaired) electrons. The lowest BCUT2D eigenvalue weighted by Gasteiger charge is -2.23. The SMILES string of the molecule is CCC(C)(NS(=O)(=O)c1cnc(C)s1)C(=O)O. The number of sulfonamides is 1. The molecule has 2 N–H and O–H groups in total. The van der Waals surface area contributed by atoms with E-state index in [4.69, 9.17) is 5.11 Å². The molecule has 0 fully saturated rings. The van der Waals surface area contributed by atoms with Crippen molar-refractivity contribution in [3.63, 3.8) is 0 Å². The van der Waals surface area contributed by atoms with Crippen molar-refractivity contribution in [2.75, 3.05) is 0 Å². The molecule has 1 atom stereocenters. The van der Waals surface area contributed by atoms with E-state index in [2.05, 4.69) is 9.71 Å². The third-order valence-corrected chi connectivity index (χ3v) is 5.37. The van der Waals surface area contributed by atoms with E-state index in [1.165, 1.54) is 13.1 Å². The van der Waals surface area contributed by atoms with Crippen molar-refractivity contribution in [2.45, 2.75) is 36.9 Å². The Hall–Kier alpha value is -0.990. The van der Waals surface area contributed by atoms with E-state index in [0.717, 1.165) is 11.3 Å². The second-order valence-corrected chi connectivity index (χ2v) is 6.94. The van der Waals surface area contributed by atoms with Gasteiger partial charge in [-0.3, -0.25) is 4.79 Å². The number of hydrogen-bond donors (Lipinski definition) is 2. The molecule has 1 rings (SSSR count). The maximum atomic E-state index is 11.9. The Morgan fingerprint density at radius 3 is 2.59 bits per heavy atom. The maximum Gasteiger partial charge on any atom is 0.324 e. The highest BCUT2D eigenvalue weighted by atomic mass is 32.2. The summed E-state index contributed by atoms with van der Waals surface area (Å²) in [5.74, 6) is -1.20. The van der Waals surface area contributed by atoms with Gasteiger partial charge in [0.25, 0.3) is 10.0 Å². The van der Waals surface area contributed by atoms with Crippen molar-refractivity contribution in [1.29, 1.82) is 0 Å². The van der Waals surface area contributed by atoms with Crippen LogP contribution < -0.4 is 4.72 Å². The molecule has 0 saturated carbocycles. The molecule has 96 valence electrons. The lowest BCUT2D eigenvalue weighted by molar-refractivity contribution is -0.143. The Balaban J connectivity index is 3.06. The van der Waals surface area contributed by atoms with E-state index >= 15 is 0 Å². The lowest BCUT2D eigenvalue weighted by Crippen LogP contribution is -2.51. The zero-order valence-electron chi connectivity index (χ0n) is 9.72. The van der Waals surface area contributed by atoms with Crippen LogP contribution in [0.1, 0.15) is 25.3 Å². The number of nitrogens with one attached hydrogen (secondary N) is 1. The van der Waals surface area contributed by atoms with Gasteiger partial charge in [-0.25, -0.2) is 13.4 Å². The van der Waals surface area contributed by atoms with Gasteiger partial charge in [-0.2, -0.15) is 4.72 Å². The van der Waals surface area contributed by atoms with Crippen LogP contribution in [0.15, 0.2) is 10.4 Å². The Labute approximate surface area is 104 Å². The summed E-state index contributed by atoms with van der Waals surface area (Å²) in [6.07, 6.45) is 1.37. The third-order valence-electron chi connectivity index (χ3n) is 2.40. The van der Waals surface area contributed by atoms with Gasteiger partial charge in [0.1, 0.15) is 5.54 Å². The molecule has 0 aromatic carbocycles. The molecule has 1 unspecified atom stereocenters. The molecule has 6 nitrogen and oxygen atoms in total. The van der Waals surface area contributed by atoms with Crippen molar-refractivity contribution < 1.29 is 18.3 Å². The minimum atomic E-state index is -3.83. The number of carbonyl (C=O) groups is 1. The van der Waals surface area contributed by atoms with Crippen molar-refractivity contribution in [2.24, 2.45) is 0 Å². The van der Waals surface area contributed by atoms with E-state index in [9.17, 15) is 13.2 Å². The van der Waals surface area contributed by atoms with E-state index in [0.29, 0.717) is 5.01 Å². The number of thiazole rings is 1. The zero-order valence-corrected chi connectivity index (χ0v) is 11.4. The first kappa shape index (κ1) is 14.1. The molecule has 0 bridgehead atoms. The molecule has 1 heterocycles. The third kappa shape index (κ3) is 3.02. The summed E-state index contributed by atoms with van der Waals surface area (Å²) in [5.41, 5.74) is -1.50. The average molecular weight is 278 g/mol. The monoisotopic (exact) mass is 278 g/mol. The smallest absolute Gasteiger partial charge is 0.324 e. The molecule has 0 aliphatic carbocycles. The van der Waals surface area contributed by atoms with Crippen LogP contribution in [0.3, 0.4) is 0 Å². The van der Waals surface area contributed by atoms with Gasteiger partial charge in [0.15, 0.2) is 4.21 Å². The van der Waals surface area contributed by atoms with E-state index < -0.39 is 21.5 Å². The van der Waals surface area contributed by atoms with Crippen LogP contribution in [0.4, 0.5) is 0 Å². The van der Waals surface area contributed by atoms with Crippen LogP contribution in [-0.2, 0) is 14.8 Å². The predicted octanol–water partition coefficient (Wildman–Crippen LogP) is 0.983. The zero-order chi connectivity index (χ0) is 13.3. The van der Waals surface area contributed by atoms with Crippen LogP contribution in [0.25, 0.3) is 0 Å². The van der Waals surface area contributed by atoms with Crippen LogP contribution in [0, 0.1) is 6.92 Å². The number of aliphatic carboxylic acids is 1. The Morgan fingerprint density at radius 1 is 1.65 bits per heavy atom. The highest BCUT2D eigenvalue weighted by Gasteiger charge is 2.36.